The normalized spacial score (nSPS) is 29.6. The highest BCUT2D eigenvalue weighted by Gasteiger charge is 2.64. The quantitative estimate of drug-likeness (QED) is 0.306. The molecule has 1 aromatic rings. The number of benzene rings is 1. The van der Waals surface area contributed by atoms with E-state index in [2.05, 4.69) is 25.1 Å². The molecule has 1 aromatic carbocycles. The SMILES string of the molecule is COCCOCCOCCOCCOCOc1ccc2c(c1)[C@@]1(C)CCCC[C@H]3CC3(C2)[C@@H]1N. The first-order chi connectivity index (χ1) is 16.6. The van der Waals surface area contributed by atoms with Crippen LogP contribution in [0.25, 0.3) is 0 Å². The lowest BCUT2D eigenvalue weighted by Gasteiger charge is -2.48. The summed E-state index contributed by atoms with van der Waals surface area (Å²) in [6, 6.07) is 6.81. The van der Waals surface area contributed by atoms with Crippen LogP contribution in [0.15, 0.2) is 18.2 Å². The number of methoxy groups -OCH3 is 1. The Balaban J connectivity index is 1.13. The second-order valence-corrected chi connectivity index (χ2v) is 10.3. The average molecular weight is 478 g/mol. The summed E-state index contributed by atoms with van der Waals surface area (Å²) in [7, 11) is 1.66. The van der Waals surface area contributed by atoms with Gasteiger partial charge in [-0.05, 0) is 60.3 Å². The van der Waals surface area contributed by atoms with Crippen molar-refractivity contribution in [2.45, 2.75) is 56.9 Å². The monoisotopic (exact) mass is 477 g/mol. The van der Waals surface area contributed by atoms with E-state index in [1.807, 2.05) is 0 Å². The first-order valence-electron chi connectivity index (χ1n) is 12.9. The van der Waals surface area contributed by atoms with Crippen molar-refractivity contribution < 1.29 is 28.4 Å². The molecule has 2 fully saturated rings. The van der Waals surface area contributed by atoms with Crippen LogP contribution >= 0.6 is 0 Å². The number of fused-ring (bicyclic) bond motifs is 3. The zero-order valence-corrected chi connectivity index (χ0v) is 21.0. The van der Waals surface area contributed by atoms with Gasteiger partial charge in [-0.2, -0.15) is 0 Å². The molecule has 3 aliphatic rings. The van der Waals surface area contributed by atoms with Gasteiger partial charge in [0.1, 0.15) is 5.75 Å². The molecule has 1 spiro atoms. The minimum absolute atomic E-state index is 0.0366. The Morgan fingerprint density at radius 1 is 0.912 bits per heavy atom. The fraction of sp³-hybridized carbons (Fsp3) is 0.778. The van der Waals surface area contributed by atoms with E-state index >= 15 is 0 Å². The van der Waals surface area contributed by atoms with E-state index in [-0.39, 0.29) is 18.2 Å². The van der Waals surface area contributed by atoms with Gasteiger partial charge in [-0.25, -0.2) is 0 Å². The van der Waals surface area contributed by atoms with Gasteiger partial charge in [-0.15, -0.1) is 0 Å². The van der Waals surface area contributed by atoms with E-state index in [0.717, 1.165) is 24.5 Å². The molecule has 0 aromatic heterocycles. The van der Waals surface area contributed by atoms with Gasteiger partial charge in [0.25, 0.3) is 0 Å². The van der Waals surface area contributed by atoms with Crippen LogP contribution in [0.1, 0.15) is 50.2 Å². The van der Waals surface area contributed by atoms with Crippen molar-refractivity contribution in [2.24, 2.45) is 17.1 Å². The maximum Gasteiger partial charge on any atom is 0.189 e. The molecule has 2 saturated carbocycles. The summed E-state index contributed by atoms with van der Waals surface area (Å²) >= 11 is 0. The molecular formula is C27H43NO6. The smallest absolute Gasteiger partial charge is 0.189 e. The van der Waals surface area contributed by atoms with Crippen LogP contribution in [-0.4, -0.2) is 72.8 Å². The highest BCUT2D eigenvalue weighted by Crippen LogP contribution is 2.66. The van der Waals surface area contributed by atoms with Crippen molar-refractivity contribution >= 4 is 0 Å². The molecule has 192 valence electrons. The van der Waals surface area contributed by atoms with Gasteiger partial charge in [0.05, 0.1) is 52.9 Å². The maximum absolute atomic E-state index is 6.96. The second kappa shape index (κ2) is 12.2. The fourth-order valence-corrected chi connectivity index (χ4v) is 6.13. The molecule has 3 aliphatic carbocycles. The molecule has 0 heterocycles. The lowest BCUT2D eigenvalue weighted by atomic mass is 9.59. The fourth-order valence-electron chi connectivity index (χ4n) is 6.13. The molecule has 0 radical (unpaired) electrons. The highest BCUT2D eigenvalue weighted by molar-refractivity contribution is 5.47. The number of rotatable bonds is 15. The Kier molecular flexibility index (Phi) is 9.24. The molecule has 0 aliphatic heterocycles. The predicted molar refractivity (Wildman–Crippen MR) is 130 cm³/mol. The first-order valence-corrected chi connectivity index (χ1v) is 12.9. The Hall–Kier alpha value is -1.22. The van der Waals surface area contributed by atoms with E-state index in [1.54, 1.807) is 7.11 Å². The van der Waals surface area contributed by atoms with Crippen molar-refractivity contribution in [3.05, 3.63) is 29.3 Å². The molecule has 4 rings (SSSR count). The first kappa shape index (κ1) is 25.9. The Bertz CT molecular complexity index is 775. The van der Waals surface area contributed by atoms with Crippen LogP contribution in [0.3, 0.4) is 0 Å². The van der Waals surface area contributed by atoms with Gasteiger partial charge in [0, 0.05) is 18.6 Å². The van der Waals surface area contributed by atoms with Crippen LogP contribution in [0, 0.1) is 11.3 Å². The Labute approximate surface area is 204 Å². The van der Waals surface area contributed by atoms with E-state index < -0.39 is 0 Å². The standard InChI is InChI=1S/C27H43NO6/c1-26-8-4-3-5-22-19-27(22,25(26)28)18-21-6-7-23(17-24(21)26)34-20-33-16-15-32-14-13-31-12-11-30-10-9-29-2/h6-7,17,22,25H,3-5,8-16,18-20,28H2,1-2H3/t22-,25+,26+,27?/m0/s1. The summed E-state index contributed by atoms with van der Waals surface area (Å²) in [6.45, 7) is 7.00. The van der Waals surface area contributed by atoms with E-state index in [4.69, 9.17) is 34.2 Å². The molecule has 0 amide bonds. The van der Waals surface area contributed by atoms with E-state index in [9.17, 15) is 0 Å². The molecular weight excluding hydrogens is 434 g/mol. The van der Waals surface area contributed by atoms with Gasteiger partial charge in [-0.3, -0.25) is 0 Å². The van der Waals surface area contributed by atoms with Crippen LogP contribution < -0.4 is 10.5 Å². The van der Waals surface area contributed by atoms with Crippen molar-refractivity contribution in [3.63, 3.8) is 0 Å². The topological polar surface area (TPSA) is 81.4 Å². The zero-order chi connectivity index (χ0) is 23.9. The number of hydrogen-bond donors (Lipinski definition) is 1. The predicted octanol–water partition coefficient (Wildman–Crippen LogP) is 3.46. The second-order valence-electron chi connectivity index (χ2n) is 10.3. The van der Waals surface area contributed by atoms with Crippen molar-refractivity contribution in [2.75, 3.05) is 66.8 Å². The third kappa shape index (κ3) is 5.94. The minimum Gasteiger partial charge on any atom is -0.468 e. The largest absolute Gasteiger partial charge is 0.468 e. The van der Waals surface area contributed by atoms with Crippen LogP contribution in [0.4, 0.5) is 0 Å². The average Bonchev–Trinajstić information content (AvgIpc) is 3.53. The van der Waals surface area contributed by atoms with Gasteiger partial charge < -0.3 is 34.2 Å². The van der Waals surface area contributed by atoms with E-state index in [1.165, 1.54) is 36.8 Å². The Morgan fingerprint density at radius 3 is 2.29 bits per heavy atom. The molecule has 1 unspecified atom stereocenters. The van der Waals surface area contributed by atoms with Crippen LogP contribution in [0.5, 0.6) is 5.75 Å². The molecule has 2 bridgehead atoms. The molecule has 34 heavy (non-hydrogen) atoms. The summed E-state index contributed by atoms with van der Waals surface area (Å²) in [5, 5.41) is 0. The Morgan fingerprint density at radius 2 is 1.59 bits per heavy atom. The highest BCUT2D eigenvalue weighted by atomic mass is 16.7. The zero-order valence-electron chi connectivity index (χ0n) is 21.0. The van der Waals surface area contributed by atoms with Crippen molar-refractivity contribution in [3.8, 4) is 5.75 Å². The summed E-state index contributed by atoms with van der Waals surface area (Å²) in [6.07, 6.45) is 7.56. The van der Waals surface area contributed by atoms with Crippen LogP contribution in [0.2, 0.25) is 0 Å². The lowest BCUT2D eigenvalue weighted by molar-refractivity contribution is -0.0320. The maximum atomic E-state index is 6.96. The molecule has 0 saturated heterocycles. The van der Waals surface area contributed by atoms with Gasteiger partial charge in [0.15, 0.2) is 6.79 Å². The summed E-state index contributed by atoms with van der Waals surface area (Å²) in [5.74, 6) is 1.69. The molecule has 2 N–H and O–H groups in total. The molecule has 4 atom stereocenters. The summed E-state index contributed by atoms with van der Waals surface area (Å²) in [5.41, 5.74) is 10.2. The van der Waals surface area contributed by atoms with Crippen molar-refractivity contribution in [1.29, 1.82) is 0 Å². The number of hydrogen-bond acceptors (Lipinski definition) is 7. The minimum atomic E-state index is 0.0366. The third-order valence-corrected chi connectivity index (χ3v) is 8.16. The summed E-state index contributed by atoms with van der Waals surface area (Å²) in [4.78, 5) is 0. The third-order valence-electron chi connectivity index (χ3n) is 8.16. The van der Waals surface area contributed by atoms with Gasteiger partial charge >= 0.3 is 0 Å². The number of ether oxygens (including phenoxy) is 6. The van der Waals surface area contributed by atoms with E-state index in [0.29, 0.717) is 58.3 Å². The summed E-state index contributed by atoms with van der Waals surface area (Å²) < 4.78 is 32.7. The molecule has 7 nitrogen and oxygen atoms in total. The van der Waals surface area contributed by atoms with Crippen LogP contribution in [-0.2, 0) is 35.5 Å². The van der Waals surface area contributed by atoms with Gasteiger partial charge in [0.2, 0.25) is 0 Å². The van der Waals surface area contributed by atoms with Crippen molar-refractivity contribution in [1.82, 2.24) is 0 Å². The molecule has 7 heteroatoms. The lowest BCUT2D eigenvalue weighted by Crippen LogP contribution is -2.54. The number of nitrogens with two attached hydrogens (primary N) is 1. The van der Waals surface area contributed by atoms with Gasteiger partial charge in [-0.1, -0.05) is 25.8 Å².